The van der Waals surface area contributed by atoms with Gasteiger partial charge in [0.2, 0.25) is 11.8 Å². The van der Waals surface area contributed by atoms with Crippen LogP contribution < -0.4 is 9.62 Å². The van der Waals surface area contributed by atoms with Crippen LogP contribution in [-0.4, -0.2) is 62.7 Å². The van der Waals surface area contributed by atoms with E-state index in [4.69, 9.17) is 0 Å². The molecule has 0 saturated carbocycles. The molecule has 0 saturated heterocycles. The molecule has 1 atom stereocenters. The second-order valence-corrected chi connectivity index (χ2v) is 10.2. The molecule has 34 heavy (non-hydrogen) atoms. The number of nitrogens with one attached hydrogen (secondary N) is 1. The van der Waals surface area contributed by atoms with E-state index in [0.29, 0.717) is 17.8 Å². The number of rotatable bonds is 12. The van der Waals surface area contributed by atoms with Gasteiger partial charge in [-0.25, -0.2) is 8.70 Å². The van der Waals surface area contributed by atoms with E-state index < -0.39 is 34.5 Å². The molecule has 8 nitrogen and oxygen atoms in total. The Hall–Kier alpha value is -2.98. The zero-order valence-electron chi connectivity index (χ0n) is 20.1. The molecule has 0 aliphatic carbocycles. The van der Waals surface area contributed by atoms with Crippen LogP contribution in [-0.2, 0) is 26.3 Å². The highest BCUT2D eigenvalue weighted by atomic mass is 32.2. The summed E-state index contributed by atoms with van der Waals surface area (Å²) in [7, 11) is -1.22. The highest BCUT2D eigenvalue weighted by Crippen LogP contribution is 2.20. The molecule has 2 aromatic carbocycles. The predicted octanol–water partition coefficient (Wildman–Crippen LogP) is 2.77. The lowest BCUT2D eigenvalue weighted by molar-refractivity contribution is -0.139. The van der Waals surface area contributed by atoms with Crippen LogP contribution >= 0.6 is 0 Å². The highest BCUT2D eigenvalue weighted by molar-refractivity contribution is 7.90. The van der Waals surface area contributed by atoms with Gasteiger partial charge in [-0.15, -0.1) is 0 Å². The number of nitrogens with zero attached hydrogens (tertiary/aromatic N) is 3. The van der Waals surface area contributed by atoms with Gasteiger partial charge in [0.05, 0.1) is 5.69 Å². The molecule has 0 aliphatic rings. The third kappa shape index (κ3) is 7.26. The maximum Gasteiger partial charge on any atom is 0.304 e. The van der Waals surface area contributed by atoms with Gasteiger partial charge in [0.25, 0.3) is 0 Å². The lowest BCUT2D eigenvalue weighted by Gasteiger charge is -2.32. The number of carbonyl (C=O) groups is 2. The average Bonchev–Trinajstić information content (AvgIpc) is 2.82. The van der Waals surface area contributed by atoms with E-state index in [2.05, 4.69) is 5.32 Å². The van der Waals surface area contributed by atoms with Crippen LogP contribution in [0.25, 0.3) is 0 Å². The van der Waals surface area contributed by atoms with E-state index in [1.54, 1.807) is 37.3 Å². The van der Waals surface area contributed by atoms with Crippen LogP contribution in [0.15, 0.2) is 54.6 Å². The first-order valence-corrected chi connectivity index (χ1v) is 12.5. The topological polar surface area (TPSA) is 90.0 Å². The van der Waals surface area contributed by atoms with Crippen molar-refractivity contribution in [1.82, 2.24) is 14.5 Å². The van der Waals surface area contributed by atoms with Crippen molar-refractivity contribution in [2.45, 2.75) is 39.3 Å². The average molecular weight is 493 g/mol. The van der Waals surface area contributed by atoms with Crippen LogP contribution in [0.3, 0.4) is 0 Å². The Bertz CT molecular complexity index is 1050. The first kappa shape index (κ1) is 27.3. The summed E-state index contributed by atoms with van der Waals surface area (Å²) in [5, 5.41) is 2.81. The van der Waals surface area contributed by atoms with E-state index >= 15 is 0 Å². The Morgan fingerprint density at radius 2 is 1.65 bits per heavy atom. The number of unbranched alkanes of at least 4 members (excludes halogenated alkanes) is 1. The predicted molar refractivity (Wildman–Crippen MR) is 131 cm³/mol. The third-order valence-corrected chi connectivity index (χ3v) is 7.15. The first-order chi connectivity index (χ1) is 16.1. The summed E-state index contributed by atoms with van der Waals surface area (Å²) in [6.07, 6.45) is 1.70. The van der Waals surface area contributed by atoms with Crippen molar-refractivity contribution in [3.63, 3.8) is 0 Å². The van der Waals surface area contributed by atoms with E-state index in [1.807, 2.05) is 6.92 Å². The molecule has 0 aromatic heterocycles. The number of halogens is 1. The van der Waals surface area contributed by atoms with Crippen molar-refractivity contribution in [3.05, 3.63) is 66.0 Å². The van der Waals surface area contributed by atoms with Crippen molar-refractivity contribution >= 4 is 27.7 Å². The van der Waals surface area contributed by atoms with Crippen LogP contribution in [0.2, 0.25) is 0 Å². The molecule has 2 aromatic rings. The second kappa shape index (κ2) is 12.5. The Balaban J connectivity index is 2.37. The first-order valence-electron chi connectivity index (χ1n) is 11.1. The SMILES string of the molecule is CCCCNC(=O)[C@H](C)N(Cc1ccc(F)cc1)C(=O)CN(c1ccccc1)S(=O)(=O)N(C)C. The highest BCUT2D eigenvalue weighted by Gasteiger charge is 2.32. The molecule has 2 amide bonds. The fourth-order valence-corrected chi connectivity index (χ4v) is 4.27. The van der Waals surface area contributed by atoms with Gasteiger partial charge in [0.15, 0.2) is 0 Å². The number of para-hydroxylation sites is 1. The molecule has 0 spiro atoms. The Morgan fingerprint density at radius 1 is 1.03 bits per heavy atom. The lowest BCUT2D eigenvalue weighted by Crippen LogP contribution is -2.52. The molecule has 0 unspecified atom stereocenters. The fraction of sp³-hybridized carbons (Fsp3) is 0.417. The minimum atomic E-state index is -3.99. The molecule has 1 N–H and O–H groups in total. The molecule has 186 valence electrons. The fourth-order valence-electron chi connectivity index (χ4n) is 3.22. The van der Waals surface area contributed by atoms with Gasteiger partial charge >= 0.3 is 10.2 Å². The summed E-state index contributed by atoms with van der Waals surface area (Å²) in [6, 6.07) is 13.0. The summed E-state index contributed by atoms with van der Waals surface area (Å²) < 4.78 is 41.5. The van der Waals surface area contributed by atoms with Gasteiger partial charge in [-0.2, -0.15) is 12.7 Å². The number of carbonyl (C=O) groups excluding carboxylic acids is 2. The Morgan fingerprint density at radius 3 is 2.21 bits per heavy atom. The van der Waals surface area contributed by atoms with E-state index in [9.17, 15) is 22.4 Å². The molecule has 0 bridgehead atoms. The molecule has 0 heterocycles. The largest absolute Gasteiger partial charge is 0.354 e. The number of anilines is 1. The molecule has 0 radical (unpaired) electrons. The van der Waals surface area contributed by atoms with Gasteiger partial charge in [-0.3, -0.25) is 9.59 Å². The molecular formula is C24H33FN4O4S. The van der Waals surface area contributed by atoms with Crippen LogP contribution in [0.5, 0.6) is 0 Å². The van der Waals surface area contributed by atoms with Gasteiger partial charge in [-0.1, -0.05) is 43.7 Å². The number of benzene rings is 2. The van der Waals surface area contributed by atoms with Crippen molar-refractivity contribution in [2.75, 3.05) is 31.5 Å². The number of hydrogen-bond donors (Lipinski definition) is 1. The van der Waals surface area contributed by atoms with Gasteiger partial charge in [0.1, 0.15) is 18.4 Å². The maximum atomic E-state index is 13.5. The Labute approximate surface area is 201 Å². The standard InChI is InChI=1S/C24H33FN4O4S/c1-5-6-16-26-24(31)19(2)28(17-20-12-14-21(25)15-13-20)23(30)18-29(34(32,33)27(3)4)22-10-8-7-9-11-22/h7-15,19H,5-6,16-18H2,1-4H3,(H,26,31)/t19-/m0/s1. The van der Waals surface area contributed by atoms with Crippen LogP contribution in [0.4, 0.5) is 10.1 Å². The smallest absolute Gasteiger partial charge is 0.304 e. The van der Waals surface area contributed by atoms with E-state index in [1.165, 1.54) is 43.3 Å². The minimum Gasteiger partial charge on any atom is -0.354 e. The zero-order valence-corrected chi connectivity index (χ0v) is 20.9. The van der Waals surface area contributed by atoms with Gasteiger partial charge in [0, 0.05) is 27.2 Å². The van der Waals surface area contributed by atoms with Crippen LogP contribution in [0, 0.1) is 5.82 Å². The minimum absolute atomic E-state index is 0.0200. The molecule has 2 rings (SSSR count). The monoisotopic (exact) mass is 492 g/mol. The molecule has 0 fully saturated rings. The third-order valence-electron chi connectivity index (χ3n) is 5.33. The normalized spacial score (nSPS) is 12.3. The van der Waals surface area contributed by atoms with E-state index in [-0.39, 0.29) is 12.5 Å². The summed E-state index contributed by atoms with van der Waals surface area (Å²) in [6.45, 7) is 3.59. The molecule has 10 heteroatoms. The maximum absolute atomic E-state index is 13.5. The summed E-state index contributed by atoms with van der Waals surface area (Å²) in [5.41, 5.74) is 0.941. The van der Waals surface area contributed by atoms with Crippen molar-refractivity contribution in [2.24, 2.45) is 0 Å². The van der Waals surface area contributed by atoms with Gasteiger partial charge in [-0.05, 0) is 43.2 Å². The van der Waals surface area contributed by atoms with Gasteiger partial charge < -0.3 is 10.2 Å². The summed E-state index contributed by atoms with van der Waals surface area (Å²) in [5.74, 6) is -1.32. The number of hydrogen-bond acceptors (Lipinski definition) is 4. The molecule has 0 aliphatic heterocycles. The van der Waals surface area contributed by atoms with Crippen LogP contribution in [0.1, 0.15) is 32.3 Å². The summed E-state index contributed by atoms with van der Waals surface area (Å²) in [4.78, 5) is 27.6. The van der Waals surface area contributed by atoms with Crippen molar-refractivity contribution in [1.29, 1.82) is 0 Å². The van der Waals surface area contributed by atoms with Crippen molar-refractivity contribution in [3.8, 4) is 0 Å². The summed E-state index contributed by atoms with van der Waals surface area (Å²) >= 11 is 0. The van der Waals surface area contributed by atoms with E-state index in [0.717, 1.165) is 21.5 Å². The lowest BCUT2D eigenvalue weighted by atomic mass is 10.1. The Kier molecular flexibility index (Phi) is 10.0. The quantitative estimate of drug-likeness (QED) is 0.462. The molecular weight excluding hydrogens is 459 g/mol. The second-order valence-electron chi connectivity index (χ2n) is 8.10. The zero-order chi connectivity index (χ0) is 25.3. The number of amides is 2. The van der Waals surface area contributed by atoms with Crippen molar-refractivity contribution < 1.29 is 22.4 Å².